The van der Waals surface area contributed by atoms with Gasteiger partial charge in [-0.15, -0.1) is 0 Å². The second-order valence-electron chi connectivity index (χ2n) is 6.37. The molecule has 0 aliphatic carbocycles. The lowest BCUT2D eigenvalue weighted by Crippen LogP contribution is -2.13. The van der Waals surface area contributed by atoms with Gasteiger partial charge in [-0.1, -0.05) is 30.3 Å². The maximum atomic E-state index is 12.5. The Kier molecular flexibility index (Phi) is 6.09. The molecule has 0 atom stereocenters. The van der Waals surface area contributed by atoms with Crippen molar-refractivity contribution in [1.29, 1.82) is 0 Å². The second kappa shape index (κ2) is 8.88. The minimum Gasteiger partial charge on any atom is -0.493 e. The number of nitrogens with zero attached hydrogens (tertiary/aromatic N) is 1. The predicted octanol–water partition coefficient (Wildman–Crippen LogP) is 4.74. The van der Waals surface area contributed by atoms with Crippen LogP contribution in [0.15, 0.2) is 66.7 Å². The molecule has 3 rings (SSSR count). The van der Waals surface area contributed by atoms with Crippen LogP contribution in [0.2, 0.25) is 0 Å². The first-order chi connectivity index (χ1) is 14.0. The smallest absolute Gasteiger partial charge is 0.293 e. The van der Waals surface area contributed by atoms with E-state index in [0.717, 1.165) is 11.1 Å². The molecule has 0 fully saturated rings. The van der Waals surface area contributed by atoms with E-state index in [0.29, 0.717) is 23.7 Å². The first-order valence-electron chi connectivity index (χ1n) is 8.89. The van der Waals surface area contributed by atoms with E-state index in [1.54, 1.807) is 44.4 Å². The zero-order valence-corrected chi connectivity index (χ0v) is 16.0. The number of benzene rings is 3. The number of nitro benzene ring substituents is 1. The van der Waals surface area contributed by atoms with E-state index >= 15 is 0 Å². The van der Waals surface area contributed by atoms with Crippen molar-refractivity contribution in [3.8, 4) is 11.5 Å². The summed E-state index contributed by atoms with van der Waals surface area (Å²) in [6.45, 7) is 2.07. The number of ether oxygens (including phenoxy) is 2. The SMILES string of the molecule is COc1ccccc1OCc1ccc(C(=O)Nc2ccc(C)cc2[N+](=O)[O-])cc1. The van der Waals surface area contributed by atoms with Crippen LogP contribution < -0.4 is 14.8 Å². The average Bonchev–Trinajstić information content (AvgIpc) is 2.73. The zero-order valence-electron chi connectivity index (χ0n) is 16.0. The number of carbonyl (C=O) groups excluding carboxylic acids is 1. The number of para-hydroxylation sites is 2. The van der Waals surface area contributed by atoms with Crippen LogP contribution in [0.5, 0.6) is 11.5 Å². The normalized spacial score (nSPS) is 10.3. The second-order valence-corrected chi connectivity index (χ2v) is 6.37. The summed E-state index contributed by atoms with van der Waals surface area (Å²) >= 11 is 0. The third-order valence-corrected chi connectivity index (χ3v) is 4.28. The van der Waals surface area contributed by atoms with Crippen molar-refractivity contribution in [2.75, 3.05) is 12.4 Å². The van der Waals surface area contributed by atoms with Crippen molar-refractivity contribution in [1.82, 2.24) is 0 Å². The molecule has 29 heavy (non-hydrogen) atoms. The molecule has 0 bridgehead atoms. The number of amides is 1. The molecule has 1 N–H and O–H groups in total. The van der Waals surface area contributed by atoms with Crippen molar-refractivity contribution in [2.24, 2.45) is 0 Å². The summed E-state index contributed by atoms with van der Waals surface area (Å²) in [6.07, 6.45) is 0. The van der Waals surface area contributed by atoms with Crippen molar-refractivity contribution in [3.63, 3.8) is 0 Å². The topological polar surface area (TPSA) is 90.7 Å². The molecular formula is C22H20N2O5. The largest absolute Gasteiger partial charge is 0.493 e. The third kappa shape index (κ3) is 4.90. The van der Waals surface area contributed by atoms with E-state index in [9.17, 15) is 14.9 Å². The molecule has 7 nitrogen and oxygen atoms in total. The van der Waals surface area contributed by atoms with Crippen molar-refractivity contribution in [2.45, 2.75) is 13.5 Å². The number of hydrogen-bond donors (Lipinski definition) is 1. The molecule has 0 aliphatic rings. The summed E-state index contributed by atoms with van der Waals surface area (Å²) in [4.78, 5) is 23.2. The van der Waals surface area contributed by atoms with Gasteiger partial charge in [-0.05, 0) is 48.4 Å². The number of methoxy groups -OCH3 is 1. The molecular weight excluding hydrogens is 372 g/mol. The Bertz CT molecular complexity index is 1030. The number of aryl methyl sites for hydroxylation is 1. The number of hydrogen-bond acceptors (Lipinski definition) is 5. The Balaban J connectivity index is 1.67. The molecule has 0 aliphatic heterocycles. The fourth-order valence-corrected chi connectivity index (χ4v) is 2.74. The number of rotatable bonds is 7. The van der Waals surface area contributed by atoms with Crippen LogP contribution in [-0.2, 0) is 6.61 Å². The van der Waals surface area contributed by atoms with Gasteiger partial charge in [0.2, 0.25) is 0 Å². The molecule has 1 amide bonds. The molecule has 0 radical (unpaired) electrons. The Labute approximate surface area is 168 Å². The average molecular weight is 392 g/mol. The van der Waals surface area contributed by atoms with Gasteiger partial charge in [0.1, 0.15) is 12.3 Å². The highest BCUT2D eigenvalue weighted by molar-refractivity contribution is 6.05. The summed E-state index contributed by atoms with van der Waals surface area (Å²) < 4.78 is 11.0. The molecule has 0 saturated heterocycles. The van der Waals surface area contributed by atoms with Crippen LogP contribution in [0, 0.1) is 17.0 Å². The highest BCUT2D eigenvalue weighted by atomic mass is 16.6. The minimum absolute atomic E-state index is 0.139. The van der Waals surface area contributed by atoms with Gasteiger partial charge >= 0.3 is 0 Å². The quantitative estimate of drug-likeness (QED) is 0.463. The molecule has 0 unspecified atom stereocenters. The van der Waals surface area contributed by atoms with E-state index in [2.05, 4.69) is 5.32 Å². The third-order valence-electron chi connectivity index (χ3n) is 4.28. The first-order valence-corrected chi connectivity index (χ1v) is 8.89. The highest BCUT2D eigenvalue weighted by Crippen LogP contribution is 2.27. The zero-order chi connectivity index (χ0) is 20.8. The van der Waals surface area contributed by atoms with E-state index in [-0.39, 0.29) is 11.4 Å². The van der Waals surface area contributed by atoms with Gasteiger partial charge in [-0.3, -0.25) is 14.9 Å². The number of anilines is 1. The van der Waals surface area contributed by atoms with E-state index in [4.69, 9.17) is 9.47 Å². The molecule has 0 spiro atoms. The van der Waals surface area contributed by atoms with Gasteiger partial charge in [0.05, 0.1) is 12.0 Å². The number of carbonyl (C=O) groups is 1. The maximum absolute atomic E-state index is 12.5. The van der Waals surface area contributed by atoms with E-state index < -0.39 is 10.8 Å². The Morgan fingerprint density at radius 3 is 2.38 bits per heavy atom. The van der Waals surface area contributed by atoms with Gasteiger partial charge in [-0.25, -0.2) is 0 Å². The Morgan fingerprint density at radius 2 is 1.72 bits per heavy atom. The van der Waals surface area contributed by atoms with Crippen molar-refractivity contribution >= 4 is 17.3 Å². The maximum Gasteiger partial charge on any atom is 0.293 e. The highest BCUT2D eigenvalue weighted by Gasteiger charge is 2.16. The molecule has 0 saturated carbocycles. The Hall–Kier alpha value is -3.87. The molecule has 0 aromatic heterocycles. The van der Waals surface area contributed by atoms with E-state index in [1.165, 1.54) is 12.1 Å². The van der Waals surface area contributed by atoms with Crippen LogP contribution in [0.3, 0.4) is 0 Å². The monoisotopic (exact) mass is 392 g/mol. The van der Waals surface area contributed by atoms with Crippen molar-refractivity contribution < 1.29 is 19.2 Å². The lowest BCUT2D eigenvalue weighted by molar-refractivity contribution is -0.384. The molecule has 7 heteroatoms. The van der Waals surface area contributed by atoms with Gasteiger partial charge < -0.3 is 14.8 Å². The van der Waals surface area contributed by atoms with E-state index in [1.807, 2.05) is 24.3 Å². The summed E-state index contributed by atoms with van der Waals surface area (Å²) in [6, 6.07) is 18.8. The lowest BCUT2D eigenvalue weighted by atomic mass is 10.1. The standard InChI is InChI=1S/C22H20N2O5/c1-15-7-12-18(19(13-15)24(26)27)23-22(25)17-10-8-16(9-11-17)14-29-21-6-4-3-5-20(21)28-2/h3-13H,14H2,1-2H3,(H,23,25). The van der Waals surface area contributed by atoms with Gasteiger partial charge in [0.25, 0.3) is 11.6 Å². The summed E-state index contributed by atoms with van der Waals surface area (Å²) in [5.74, 6) is 0.848. The fourth-order valence-electron chi connectivity index (χ4n) is 2.74. The predicted molar refractivity (Wildman–Crippen MR) is 110 cm³/mol. The van der Waals surface area contributed by atoms with Crippen LogP contribution in [-0.4, -0.2) is 17.9 Å². The number of nitro groups is 1. The van der Waals surface area contributed by atoms with Crippen LogP contribution in [0.25, 0.3) is 0 Å². The van der Waals surface area contributed by atoms with Crippen molar-refractivity contribution in [3.05, 3.63) is 93.5 Å². The van der Waals surface area contributed by atoms with Gasteiger partial charge in [0, 0.05) is 11.6 Å². The summed E-state index contributed by atoms with van der Waals surface area (Å²) in [5.41, 5.74) is 2.03. The number of nitrogens with one attached hydrogen (secondary N) is 1. The fraction of sp³-hybridized carbons (Fsp3) is 0.136. The summed E-state index contributed by atoms with van der Waals surface area (Å²) in [7, 11) is 1.58. The summed E-state index contributed by atoms with van der Waals surface area (Å²) in [5, 5.41) is 13.8. The molecule has 0 heterocycles. The molecule has 3 aromatic carbocycles. The first kappa shape index (κ1) is 19.9. The Morgan fingerprint density at radius 1 is 1.03 bits per heavy atom. The molecule has 3 aromatic rings. The van der Waals surface area contributed by atoms with Gasteiger partial charge in [0.15, 0.2) is 11.5 Å². The minimum atomic E-state index is -0.513. The molecule has 148 valence electrons. The lowest BCUT2D eigenvalue weighted by Gasteiger charge is -2.11. The van der Waals surface area contributed by atoms with Crippen LogP contribution in [0.4, 0.5) is 11.4 Å². The van der Waals surface area contributed by atoms with Crippen LogP contribution in [0.1, 0.15) is 21.5 Å². The van der Waals surface area contributed by atoms with Gasteiger partial charge in [-0.2, -0.15) is 0 Å². The van der Waals surface area contributed by atoms with Crippen LogP contribution >= 0.6 is 0 Å².